The van der Waals surface area contributed by atoms with Crippen molar-refractivity contribution in [1.29, 1.82) is 0 Å². The number of nitrogens with one attached hydrogen (secondary N) is 1. The Balaban J connectivity index is 2.00. The van der Waals surface area contributed by atoms with Gasteiger partial charge in [0.2, 0.25) is 0 Å². The minimum absolute atomic E-state index is 0.00700. The molecule has 2 heteroatoms. The van der Waals surface area contributed by atoms with Crippen LogP contribution in [-0.4, -0.2) is 17.8 Å². The predicted octanol–water partition coefficient (Wildman–Crippen LogP) is 2.75. The molecule has 0 saturated heterocycles. The predicted molar refractivity (Wildman–Crippen MR) is 82.2 cm³/mol. The normalized spacial score (nSPS) is 13.1. The van der Waals surface area contributed by atoms with Crippen molar-refractivity contribution in [3.8, 4) is 11.8 Å². The number of aliphatic hydroxyl groups is 1. The lowest BCUT2D eigenvalue weighted by Crippen LogP contribution is -2.31. The fourth-order valence-corrected chi connectivity index (χ4v) is 2.00. The molecule has 0 radical (unpaired) electrons. The minimum Gasteiger partial charge on any atom is -0.394 e. The van der Waals surface area contributed by atoms with Gasteiger partial charge in [0.15, 0.2) is 0 Å². The zero-order valence-corrected chi connectivity index (χ0v) is 11.6. The summed E-state index contributed by atoms with van der Waals surface area (Å²) in [5.74, 6) is 6.29. The van der Waals surface area contributed by atoms with Gasteiger partial charge >= 0.3 is 0 Å². The molecule has 2 N–H and O–H groups in total. The SMILES string of the molecule is C[C@H](C#Cc1ccccc1)N[C@@H](CO)c1ccccc1. The van der Waals surface area contributed by atoms with Crippen molar-refractivity contribution in [2.24, 2.45) is 0 Å². The van der Waals surface area contributed by atoms with Crippen LogP contribution in [0.5, 0.6) is 0 Å². The lowest BCUT2D eigenvalue weighted by Gasteiger charge is -2.18. The Labute approximate surface area is 120 Å². The molecule has 0 saturated carbocycles. The first-order chi connectivity index (χ1) is 9.79. The molecule has 0 spiro atoms. The molecule has 2 aromatic rings. The quantitative estimate of drug-likeness (QED) is 0.833. The summed E-state index contributed by atoms with van der Waals surface area (Å²) >= 11 is 0. The maximum absolute atomic E-state index is 9.50. The number of hydrogen-bond donors (Lipinski definition) is 2. The molecule has 2 rings (SSSR count). The van der Waals surface area contributed by atoms with Crippen molar-refractivity contribution in [2.75, 3.05) is 6.61 Å². The van der Waals surface area contributed by atoms with E-state index < -0.39 is 0 Å². The Hall–Kier alpha value is -2.08. The van der Waals surface area contributed by atoms with Crippen LogP contribution in [-0.2, 0) is 0 Å². The van der Waals surface area contributed by atoms with Gasteiger partial charge in [-0.25, -0.2) is 0 Å². The van der Waals surface area contributed by atoms with Gasteiger partial charge in [0.1, 0.15) is 0 Å². The lowest BCUT2D eigenvalue weighted by molar-refractivity contribution is 0.241. The first kappa shape index (κ1) is 14.3. The first-order valence-corrected chi connectivity index (χ1v) is 6.78. The highest BCUT2D eigenvalue weighted by Gasteiger charge is 2.11. The van der Waals surface area contributed by atoms with Gasteiger partial charge < -0.3 is 5.11 Å². The average Bonchev–Trinajstić information content (AvgIpc) is 2.52. The highest BCUT2D eigenvalue weighted by Crippen LogP contribution is 2.12. The zero-order valence-electron chi connectivity index (χ0n) is 11.6. The number of hydrogen-bond acceptors (Lipinski definition) is 2. The van der Waals surface area contributed by atoms with Crippen LogP contribution in [0.15, 0.2) is 60.7 Å². The highest BCUT2D eigenvalue weighted by molar-refractivity contribution is 5.34. The van der Waals surface area contributed by atoms with E-state index >= 15 is 0 Å². The molecule has 2 aromatic carbocycles. The number of rotatable bonds is 4. The van der Waals surface area contributed by atoms with E-state index in [9.17, 15) is 5.11 Å². The maximum Gasteiger partial charge on any atom is 0.0670 e. The fourth-order valence-electron chi connectivity index (χ4n) is 2.00. The third-order valence-electron chi connectivity index (χ3n) is 3.04. The summed E-state index contributed by atoms with van der Waals surface area (Å²) in [6.07, 6.45) is 0. The van der Waals surface area contributed by atoms with Gasteiger partial charge in [-0.05, 0) is 24.6 Å². The van der Waals surface area contributed by atoms with Gasteiger partial charge in [-0.3, -0.25) is 5.32 Å². The summed E-state index contributed by atoms with van der Waals surface area (Å²) in [6, 6.07) is 19.7. The van der Waals surface area contributed by atoms with Crippen molar-refractivity contribution < 1.29 is 5.11 Å². The molecule has 0 fully saturated rings. The van der Waals surface area contributed by atoms with Crippen molar-refractivity contribution >= 4 is 0 Å². The molecule has 0 amide bonds. The van der Waals surface area contributed by atoms with E-state index in [2.05, 4.69) is 17.2 Å². The Kier molecular flexibility index (Phi) is 5.37. The third kappa shape index (κ3) is 4.24. The van der Waals surface area contributed by atoms with Gasteiger partial charge in [0, 0.05) is 5.56 Å². The fraction of sp³-hybridized carbons (Fsp3) is 0.222. The number of aliphatic hydroxyl groups excluding tert-OH is 1. The molecule has 0 aliphatic heterocycles. The Bertz CT molecular complexity index is 569. The van der Waals surface area contributed by atoms with Crippen LogP contribution in [0.25, 0.3) is 0 Å². The van der Waals surface area contributed by atoms with Gasteiger partial charge in [0.05, 0.1) is 18.7 Å². The van der Waals surface area contributed by atoms with Crippen LogP contribution in [0.3, 0.4) is 0 Å². The first-order valence-electron chi connectivity index (χ1n) is 6.78. The Morgan fingerprint density at radius 1 is 1.00 bits per heavy atom. The minimum atomic E-state index is -0.0868. The van der Waals surface area contributed by atoms with Gasteiger partial charge in [0.25, 0.3) is 0 Å². The van der Waals surface area contributed by atoms with Crippen LogP contribution in [0.2, 0.25) is 0 Å². The molecule has 2 atom stereocenters. The largest absolute Gasteiger partial charge is 0.394 e. The van der Waals surface area contributed by atoms with E-state index in [0.29, 0.717) is 0 Å². The van der Waals surface area contributed by atoms with Crippen LogP contribution >= 0.6 is 0 Å². The van der Waals surface area contributed by atoms with E-state index in [4.69, 9.17) is 0 Å². The van der Waals surface area contributed by atoms with Crippen LogP contribution in [0.4, 0.5) is 0 Å². The summed E-state index contributed by atoms with van der Waals surface area (Å²) in [7, 11) is 0. The molecular formula is C18H19NO. The molecule has 0 aromatic heterocycles. The number of benzene rings is 2. The van der Waals surface area contributed by atoms with E-state index in [-0.39, 0.29) is 18.7 Å². The van der Waals surface area contributed by atoms with Crippen LogP contribution < -0.4 is 5.32 Å². The van der Waals surface area contributed by atoms with E-state index in [1.165, 1.54) is 0 Å². The van der Waals surface area contributed by atoms with E-state index in [0.717, 1.165) is 11.1 Å². The van der Waals surface area contributed by atoms with E-state index in [1.54, 1.807) is 0 Å². The van der Waals surface area contributed by atoms with Crippen LogP contribution in [0.1, 0.15) is 24.1 Å². The second-order valence-electron chi connectivity index (χ2n) is 4.67. The topological polar surface area (TPSA) is 32.3 Å². The molecule has 0 heterocycles. The van der Waals surface area contributed by atoms with Crippen molar-refractivity contribution in [2.45, 2.75) is 19.0 Å². The molecular weight excluding hydrogens is 246 g/mol. The second kappa shape index (κ2) is 7.49. The monoisotopic (exact) mass is 265 g/mol. The van der Waals surface area contributed by atoms with Crippen molar-refractivity contribution in [3.63, 3.8) is 0 Å². The summed E-state index contributed by atoms with van der Waals surface area (Å²) in [6.45, 7) is 2.06. The average molecular weight is 265 g/mol. The smallest absolute Gasteiger partial charge is 0.0670 e. The molecule has 0 aliphatic carbocycles. The molecule has 0 bridgehead atoms. The summed E-state index contributed by atoms with van der Waals surface area (Å²) < 4.78 is 0. The summed E-state index contributed by atoms with van der Waals surface area (Å²) in [5.41, 5.74) is 2.07. The standard InChI is InChI=1S/C18H19NO/c1-15(12-13-16-8-4-2-5-9-16)19-18(14-20)17-10-6-3-7-11-17/h2-11,15,18-20H,14H2,1H3/t15-,18+/m1/s1. The Morgan fingerprint density at radius 3 is 2.20 bits per heavy atom. The molecule has 20 heavy (non-hydrogen) atoms. The van der Waals surface area contributed by atoms with E-state index in [1.807, 2.05) is 67.6 Å². The summed E-state index contributed by atoms with van der Waals surface area (Å²) in [4.78, 5) is 0. The van der Waals surface area contributed by atoms with Gasteiger partial charge in [-0.1, -0.05) is 60.4 Å². The molecule has 0 unspecified atom stereocenters. The van der Waals surface area contributed by atoms with Crippen molar-refractivity contribution in [3.05, 3.63) is 71.8 Å². The lowest BCUT2D eigenvalue weighted by atomic mass is 10.1. The zero-order chi connectivity index (χ0) is 14.2. The molecule has 2 nitrogen and oxygen atoms in total. The van der Waals surface area contributed by atoms with Crippen LogP contribution in [0, 0.1) is 11.8 Å². The van der Waals surface area contributed by atoms with Gasteiger partial charge in [-0.15, -0.1) is 0 Å². The summed E-state index contributed by atoms with van der Waals surface area (Å²) in [5, 5.41) is 12.8. The van der Waals surface area contributed by atoms with Gasteiger partial charge in [-0.2, -0.15) is 0 Å². The maximum atomic E-state index is 9.50. The molecule has 0 aliphatic rings. The van der Waals surface area contributed by atoms with Crippen molar-refractivity contribution in [1.82, 2.24) is 5.32 Å². The highest BCUT2D eigenvalue weighted by atomic mass is 16.3. The second-order valence-corrected chi connectivity index (χ2v) is 4.67. The third-order valence-corrected chi connectivity index (χ3v) is 3.04. The Morgan fingerprint density at radius 2 is 1.60 bits per heavy atom. The molecule has 102 valence electrons.